The summed E-state index contributed by atoms with van der Waals surface area (Å²) in [6.45, 7) is 2.16. The van der Waals surface area contributed by atoms with E-state index in [1.165, 1.54) is 11.3 Å². The summed E-state index contributed by atoms with van der Waals surface area (Å²) in [6, 6.07) is 3.08. The smallest absolute Gasteiger partial charge is 0.305 e. The van der Waals surface area contributed by atoms with Gasteiger partial charge in [0.25, 0.3) is 0 Å². The fourth-order valence-corrected chi connectivity index (χ4v) is 2.90. The number of ether oxygens (including phenoxy) is 1. The summed E-state index contributed by atoms with van der Waals surface area (Å²) >= 11 is 1.35. The fourth-order valence-electron chi connectivity index (χ4n) is 2.18. The largest absolute Gasteiger partial charge is 0.466 e. The number of carbonyl (C=O) groups excluding carboxylic acids is 2. The minimum absolute atomic E-state index is 0.216. The topological polar surface area (TPSA) is 107 Å². The Kier molecular flexibility index (Phi) is 7.49. The van der Waals surface area contributed by atoms with Gasteiger partial charge in [0.05, 0.1) is 18.3 Å². The van der Waals surface area contributed by atoms with E-state index in [1.54, 1.807) is 19.3 Å². The van der Waals surface area contributed by atoms with Crippen LogP contribution in [0, 0.1) is 0 Å². The molecule has 7 nitrogen and oxygen atoms in total. The van der Waals surface area contributed by atoms with Crippen LogP contribution in [0.4, 0.5) is 5.13 Å². The Balaban J connectivity index is 1.76. The van der Waals surface area contributed by atoms with E-state index in [2.05, 4.69) is 15.3 Å². The third kappa shape index (κ3) is 6.24. The molecule has 1 atom stereocenters. The number of hydrogen-bond donors (Lipinski definition) is 2. The zero-order valence-corrected chi connectivity index (χ0v) is 14.9. The maximum absolute atomic E-state index is 12.1. The van der Waals surface area contributed by atoms with Crippen LogP contribution in [0.25, 0.3) is 11.3 Å². The number of carbonyl (C=O) groups is 2. The molecule has 1 amide bonds. The van der Waals surface area contributed by atoms with Gasteiger partial charge in [0, 0.05) is 29.8 Å². The van der Waals surface area contributed by atoms with E-state index in [9.17, 15) is 9.59 Å². The van der Waals surface area contributed by atoms with Crippen molar-refractivity contribution in [1.29, 1.82) is 0 Å². The van der Waals surface area contributed by atoms with E-state index >= 15 is 0 Å². The molecule has 0 aliphatic heterocycles. The van der Waals surface area contributed by atoms with Gasteiger partial charge in [-0.15, -0.1) is 11.3 Å². The molecular weight excluding hydrogens is 340 g/mol. The zero-order valence-electron chi connectivity index (χ0n) is 14.1. The molecule has 0 aliphatic carbocycles. The third-order valence-electron chi connectivity index (χ3n) is 3.50. The van der Waals surface area contributed by atoms with Crippen molar-refractivity contribution in [2.75, 3.05) is 11.9 Å². The Morgan fingerprint density at radius 2 is 2.08 bits per heavy atom. The Bertz CT molecular complexity index is 690. The third-order valence-corrected chi connectivity index (χ3v) is 4.26. The van der Waals surface area contributed by atoms with Crippen LogP contribution in [0.2, 0.25) is 0 Å². The number of amides is 1. The normalized spacial score (nSPS) is 11.8. The number of anilines is 1. The lowest BCUT2D eigenvalue weighted by molar-refractivity contribution is -0.143. The number of nitrogens with two attached hydrogens (primary N) is 1. The molecule has 0 saturated heterocycles. The minimum atomic E-state index is -0.629. The van der Waals surface area contributed by atoms with Gasteiger partial charge in [-0.1, -0.05) is 6.42 Å². The van der Waals surface area contributed by atoms with Gasteiger partial charge in [-0.2, -0.15) is 0 Å². The van der Waals surface area contributed by atoms with Crippen molar-refractivity contribution in [2.24, 2.45) is 5.73 Å². The van der Waals surface area contributed by atoms with Gasteiger partial charge in [0.15, 0.2) is 5.13 Å². The van der Waals surface area contributed by atoms with Crippen molar-refractivity contribution >= 4 is 28.3 Å². The van der Waals surface area contributed by atoms with Gasteiger partial charge in [-0.3, -0.25) is 14.6 Å². The monoisotopic (exact) mass is 362 g/mol. The summed E-state index contributed by atoms with van der Waals surface area (Å²) in [5.74, 6) is -0.487. The minimum Gasteiger partial charge on any atom is -0.466 e. The molecule has 2 aromatic rings. The Labute approximate surface area is 150 Å². The highest BCUT2D eigenvalue weighted by atomic mass is 32.1. The van der Waals surface area contributed by atoms with Crippen LogP contribution >= 0.6 is 11.3 Å². The van der Waals surface area contributed by atoms with Crippen molar-refractivity contribution in [3.05, 3.63) is 29.9 Å². The number of esters is 1. The molecule has 0 bridgehead atoms. The molecule has 8 heteroatoms. The molecule has 25 heavy (non-hydrogen) atoms. The molecule has 0 spiro atoms. The van der Waals surface area contributed by atoms with Crippen LogP contribution in [0.1, 0.15) is 32.6 Å². The average molecular weight is 362 g/mol. The van der Waals surface area contributed by atoms with E-state index in [1.807, 2.05) is 17.5 Å². The molecule has 3 N–H and O–H groups in total. The highest BCUT2D eigenvalue weighted by molar-refractivity contribution is 7.14. The molecule has 0 radical (unpaired) electrons. The average Bonchev–Trinajstić information content (AvgIpc) is 3.08. The standard InChI is InChI=1S/C17H22N4O3S/c1-2-24-15(22)6-4-3-5-13(18)16(23)21-17-20-14(11-25-17)12-7-9-19-10-8-12/h7-11,13H,2-6,18H2,1H3,(H,20,21,23). The molecule has 2 aromatic heterocycles. The summed E-state index contributed by atoms with van der Waals surface area (Å²) in [5.41, 5.74) is 7.62. The van der Waals surface area contributed by atoms with Gasteiger partial charge in [0.1, 0.15) is 0 Å². The predicted molar refractivity (Wildman–Crippen MR) is 97.1 cm³/mol. The summed E-state index contributed by atoms with van der Waals surface area (Å²) in [5, 5.41) is 5.12. The Morgan fingerprint density at radius 1 is 1.32 bits per heavy atom. The highest BCUT2D eigenvalue weighted by Crippen LogP contribution is 2.24. The van der Waals surface area contributed by atoms with Crippen LogP contribution in [0.3, 0.4) is 0 Å². The van der Waals surface area contributed by atoms with E-state index in [-0.39, 0.29) is 11.9 Å². The van der Waals surface area contributed by atoms with Crippen molar-refractivity contribution in [1.82, 2.24) is 9.97 Å². The number of nitrogens with one attached hydrogen (secondary N) is 1. The van der Waals surface area contributed by atoms with Crippen LogP contribution in [-0.2, 0) is 14.3 Å². The first-order valence-corrected chi connectivity index (χ1v) is 9.06. The van der Waals surface area contributed by atoms with Gasteiger partial charge < -0.3 is 15.8 Å². The zero-order chi connectivity index (χ0) is 18.1. The second-order valence-corrected chi connectivity index (χ2v) is 6.28. The molecule has 2 heterocycles. The SMILES string of the molecule is CCOC(=O)CCCCC(N)C(=O)Nc1nc(-c2ccncc2)cs1. The summed E-state index contributed by atoms with van der Waals surface area (Å²) in [4.78, 5) is 31.7. The second-order valence-electron chi connectivity index (χ2n) is 5.42. The van der Waals surface area contributed by atoms with Crippen molar-refractivity contribution < 1.29 is 14.3 Å². The number of unbranched alkanes of at least 4 members (excludes halogenated alkanes) is 1. The molecular formula is C17H22N4O3S. The van der Waals surface area contributed by atoms with Crippen molar-refractivity contribution in [3.8, 4) is 11.3 Å². The van der Waals surface area contributed by atoms with Crippen molar-refractivity contribution in [3.63, 3.8) is 0 Å². The summed E-state index contributed by atoms with van der Waals surface area (Å²) in [6.07, 6.45) is 5.59. The quantitative estimate of drug-likeness (QED) is 0.524. The molecule has 0 aliphatic rings. The summed E-state index contributed by atoms with van der Waals surface area (Å²) in [7, 11) is 0. The van der Waals surface area contributed by atoms with Gasteiger partial charge in [-0.05, 0) is 31.9 Å². The highest BCUT2D eigenvalue weighted by Gasteiger charge is 2.15. The first-order chi connectivity index (χ1) is 12.1. The maximum Gasteiger partial charge on any atom is 0.305 e. The number of rotatable bonds is 9. The molecule has 2 rings (SSSR count). The number of thiazole rings is 1. The lowest BCUT2D eigenvalue weighted by atomic mass is 10.1. The second kappa shape index (κ2) is 9.85. The molecule has 0 saturated carbocycles. The van der Waals surface area contributed by atoms with Crippen LogP contribution in [-0.4, -0.2) is 34.5 Å². The van der Waals surface area contributed by atoms with E-state index in [4.69, 9.17) is 10.5 Å². The van der Waals surface area contributed by atoms with Gasteiger partial charge >= 0.3 is 5.97 Å². The lowest BCUT2D eigenvalue weighted by Gasteiger charge is -2.10. The van der Waals surface area contributed by atoms with Gasteiger partial charge in [-0.25, -0.2) is 4.98 Å². The maximum atomic E-state index is 12.1. The van der Waals surface area contributed by atoms with E-state index in [0.29, 0.717) is 37.4 Å². The number of hydrogen-bond acceptors (Lipinski definition) is 7. The first kappa shape index (κ1) is 19.0. The number of pyridine rings is 1. The van der Waals surface area contributed by atoms with Crippen molar-refractivity contribution in [2.45, 2.75) is 38.6 Å². The van der Waals surface area contributed by atoms with Crippen LogP contribution in [0.5, 0.6) is 0 Å². The van der Waals surface area contributed by atoms with E-state index < -0.39 is 6.04 Å². The predicted octanol–water partition coefficient (Wildman–Crippen LogP) is 2.59. The first-order valence-electron chi connectivity index (χ1n) is 8.18. The van der Waals surface area contributed by atoms with Crippen LogP contribution in [0.15, 0.2) is 29.9 Å². The lowest BCUT2D eigenvalue weighted by Crippen LogP contribution is -2.35. The van der Waals surface area contributed by atoms with Gasteiger partial charge in [0.2, 0.25) is 5.91 Å². The molecule has 1 unspecified atom stereocenters. The fraction of sp³-hybridized carbons (Fsp3) is 0.412. The molecule has 0 aromatic carbocycles. The Morgan fingerprint density at radius 3 is 2.80 bits per heavy atom. The van der Waals surface area contributed by atoms with E-state index in [0.717, 1.165) is 11.3 Å². The molecule has 0 fully saturated rings. The Hall–Kier alpha value is -2.32. The summed E-state index contributed by atoms with van der Waals surface area (Å²) < 4.78 is 4.85. The number of nitrogens with zero attached hydrogens (tertiary/aromatic N) is 2. The van der Waals surface area contributed by atoms with Crippen LogP contribution < -0.4 is 11.1 Å². The number of aromatic nitrogens is 2. The molecule has 134 valence electrons.